The predicted molar refractivity (Wildman–Crippen MR) is 85.6 cm³/mol. The molecule has 0 saturated carbocycles. The van der Waals surface area contributed by atoms with Crippen molar-refractivity contribution in [1.29, 1.82) is 0 Å². The SMILES string of the molecule is Cc1cc(NCC(C)C)nc(N(C)C2CCS(=O)(=O)C2)n1. The summed E-state index contributed by atoms with van der Waals surface area (Å²) in [5.74, 6) is 2.35. The molecule has 1 saturated heterocycles. The van der Waals surface area contributed by atoms with E-state index >= 15 is 0 Å². The molecule has 1 aromatic heterocycles. The predicted octanol–water partition coefficient (Wildman–Crippen LogP) is 1.48. The Kier molecular flexibility index (Phi) is 4.70. The average Bonchev–Trinajstić information content (AvgIpc) is 2.75. The molecule has 1 fully saturated rings. The van der Waals surface area contributed by atoms with Crippen LogP contribution in [0, 0.1) is 12.8 Å². The van der Waals surface area contributed by atoms with Crippen molar-refractivity contribution in [2.24, 2.45) is 5.92 Å². The molecule has 2 rings (SSSR count). The van der Waals surface area contributed by atoms with Crippen LogP contribution in [0.15, 0.2) is 6.07 Å². The minimum Gasteiger partial charge on any atom is -0.370 e. The Bertz CT molecular complexity index is 601. The van der Waals surface area contributed by atoms with Gasteiger partial charge in [0.2, 0.25) is 5.95 Å². The van der Waals surface area contributed by atoms with Crippen molar-refractivity contribution < 1.29 is 8.42 Å². The molecule has 0 bridgehead atoms. The molecule has 1 N–H and O–H groups in total. The topological polar surface area (TPSA) is 75.2 Å². The fourth-order valence-corrected chi connectivity index (χ4v) is 4.13. The quantitative estimate of drug-likeness (QED) is 0.887. The first-order chi connectivity index (χ1) is 9.77. The molecule has 1 aromatic rings. The standard InChI is InChI=1S/C14H24N4O2S/c1-10(2)8-15-13-7-11(3)16-14(17-13)18(4)12-5-6-21(19,20)9-12/h7,10,12H,5-6,8-9H2,1-4H3,(H,15,16,17). The van der Waals surface area contributed by atoms with Crippen LogP contribution in [0.3, 0.4) is 0 Å². The molecule has 1 aliphatic heterocycles. The van der Waals surface area contributed by atoms with Crippen molar-refractivity contribution in [2.75, 3.05) is 35.3 Å². The highest BCUT2D eigenvalue weighted by atomic mass is 32.2. The third-order valence-electron chi connectivity index (χ3n) is 3.61. The number of aryl methyl sites for hydroxylation is 1. The monoisotopic (exact) mass is 312 g/mol. The molecular weight excluding hydrogens is 288 g/mol. The van der Waals surface area contributed by atoms with Gasteiger partial charge in [0.05, 0.1) is 11.5 Å². The second-order valence-electron chi connectivity index (χ2n) is 6.14. The lowest BCUT2D eigenvalue weighted by Crippen LogP contribution is -2.34. The maximum Gasteiger partial charge on any atom is 0.227 e. The molecule has 0 aromatic carbocycles. The molecule has 1 unspecified atom stereocenters. The van der Waals surface area contributed by atoms with Crippen LogP contribution in [-0.4, -0.2) is 49.5 Å². The Morgan fingerprint density at radius 2 is 2.14 bits per heavy atom. The lowest BCUT2D eigenvalue weighted by molar-refractivity contribution is 0.600. The lowest BCUT2D eigenvalue weighted by atomic mass is 10.2. The van der Waals surface area contributed by atoms with Crippen LogP contribution in [0.2, 0.25) is 0 Å². The van der Waals surface area contributed by atoms with Crippen LogP contribution < -0.4 is 10.2 Å². The van der Waals surface area contributed by atoms with Crippen molar-refractivity contribution in [2.45, 2.75) is 33.2 Å². The van der Waals surface area contributed by atoms with Crippen LogP contribution in [0.5, 0.6) is 0 Å². The fraction of sp³-hybridized carbons (Fsp3) is 0.714. The summed E-state index contributed by atoms with van der Waals surface area (Å²) in [6.07, 6.45) is 0.644. The zero-order chi connectivity index (χ0) is 15.6. The maximum absolute atomic E-state index is 11.6. The van der Waals surface area contributed by atoms with Gasteiger partial charge in [-0.15, -0.1) is 0 Å². The van der Waals surface area contributed by atoms with Crippen molar-refractivity contribution in [3.63, 3.8) is 0 Å². The van der Waals surface area contributed by atoms with Gasteiger partial charge in [-0.1, -0.05) is 13.8 Å². The third kappa shape index (κ3) is 4.30. The molecule has 0 aliphatic carbocycles. The number of aromatic nitrogens is 2. The zero-order valence-electron chi connectivity index (χ0n) is 13.1. The van der Waals surface area contributed by atoms with Crippen LogP contribution >= 0.6 is 0 Å². The van der Waals surface area contributed by atoms with Gasteiger partial charge in [-0.2, -0.15) is 4.98 Å². The van der Waals surface area contributed by atoms with E-state index in [0.29, 0.717) is 18.3 Å². The molecule has 21 heavy (non-hydrogen) atoms. The van der Waals surface area contributed by atoms with E-state index in [1.807, 2.05) is 24.9 Å². The maximum atomic E-state index is 11.6. The molecule has 118 valence electrons. The van der Waals surface area contributed by atoms with Crippen molar-refractivity contribution >= 4 is 21.6 Å². The normalized spacial score (nSPS) is 20.7. The molecular formula is C14H24N4O2S. The van der Waals surface area contributed by atoms with E-state index in [9.17, 15) is 8.42 Å². The second-order valence-corrected chi connectivity index (χ2v) is 8.37. The first kappa shape index (κ1) is 16.0. The summed E-state index contributed by atoms with van der Waals surface area (Å²) < 4.78 is 23.2. The van der Waals surface area contributed by atoms with Crippen molar-refractivity contribution in [1.82, 2.24) is 9.97 Å². The molecule has 0 radical (unpaired) electrons. The molecule has 1 atom stereocenters. The Hall–Kier alpha value is -1.37. The second kappa shape index (κ2) is 6.17. The van der Waals surface area contributed by atoms with Crippen LogP contribution in [0.25, 0.3) is 0 Å². The summed E-state index contributed by atoms with van der Waals surface area (Å²) in [4.78, 5) is 10.8. The Morgan fingerprint density at radius 1 is 1.43 bits per heavy atom. The van der Waals surface area contributed by atoms with Gasteiger partial charge in [-0.25, -0.2) is 13.4 Å². The number of hydrogen-bond acceptors (Lipinski definition) is 6. The van der Waals surface area contributed by atoms with Gasteiger partial charge in [-0.3, -0.25) is 0 Å². The van der Waals surface area contributed by atoms with Gasteiger partial charge < -0.3 is 10.2 Å². The summed E-state index contributed by atoms with van der Waals surface area (Å²) in [7, 11) is -1.04. The van der Waals surface area contributed by atoms with Crippen LogP contribution in [0.4, 0.5) is 11.8 Å². The molecule has 7 heteroatoms. The van der Waals surface area contributed by atoms with E-state index in [2.05, 4.69) is 29.1 Å². The number of hydrogen-bond donors (Lipinski definition) is 1. The fourth-order valence-electron chi connectivity index (χ4n) is 2.35. The minimum absolute atomic E-state index is 0.0326. The summed E-state index contributed by atoms with van der Waals surface area (Å²) in [6, 6.07) is 1.88. The largest absolute Gasteiger partial charge is 0.370 e. The number of anilines is 2. The number of sulfone groups is 1. The molecule has 0 amide bonds. The molecule has 6 nitrogen and oxygen atoms in total. The number of nitrogens with one attached hydrogen (secondary N) is 1. The van der Waals surface area contributed by atoms with Gasteiger partial charge in [-0.05, 0) is 19.3 Å². The smallest absolute Gasteiger partial charge is 0.227 e. The van der Waals surface area contributed by atoms with Gasteiger partial charge in [0, 0.05) is 31.4 Å². The molecule has 2 heterocycles. The molecule has 0 spiro atoms. The summed E-state index contributed by atoms with van der Waals surface area (Å²) in [5.41, 5.74) is 0.874. The summed E-state index contributed by atoms with van der Waals surface area (Å²) in [6.45, 7) is 7.04. The highest BCUT2D eigenvalue weighted by Crippen LogP contribution is 2.21. The summed E-state index contributed by atoms with van der Waals surface area (Å²) in [5, 5.41) is 3.29. The van der Waals surface area contributed by atoms with Gasteiger partial charge in [0.15, 0.2) is 9.84 Å². The van der Waals surface area contributed by atoms with Crippen LogP contribution in [-0.2, 0) is 9.84 Å². The Balaban J connectivity index is 2.15. The average molecular weight is 312 g/mol. The third-order valence-corrected chi connectivity index (χ3v) is 5.36. The number of rotatable bonds is 5. The molecule has 1 aliphatic rings. The summed E-state index contributed by atoms with van der Waals surface area (Å²) >= 11 is 0. The highest BCUT2D eigenvalue weighted by Gasteiger charge is 2.31. The van der Waals surface area contributed by atoms with E-state index in [1.54, 1.807) is 0 Å². The van der Waals surface area contributed by atoms with Crippen molar-refractivity contribution in [3.05, 3.63) is 11.8 Å². The Morgan fingerprint density at radius 3 is 2.71 bits per heavy atom. The lowest BCUT2D eigenvalue weighted by Gasteiger charge is -2.24. The van der Waals surface area contributed by atoms with E-state index < -0.39 is 9.84 Å². The van der Waals surface area contributed by atoms with Crippen LogP contribution in [0.1, 0.15) is 26.0 Å². The van der Waals surface area contributed by atoms with Gasteiger partial charge >= 0.3 is 0 Å². The number of nitrogens with zero attached hydrogens (tertiary/aromatic N) is 3. The Labute approximate surface area is 126 Å². The van der Waals surface area contributed by atoms with E-state index in [4.69, 9.17) is 0 Å². The van der Waals surface area contributed by atoms with Gasteiger partial charge in [0.25, 0.3) is 0 Å². The van der Waals surface area contributed by atoms with Crippen molar-refractivity contribution in [3.8, 4) is 0 Å². The van der Waals surface area contributed by atoms with E-state index in [-0.39, 0.29) is 17.5 Å². The first-order valence-corrected chi connectivity index (χ1v) is 9.12. The minimum atomic E-state index is -2.90. The first-order valence-electron chi connectivity index (χ1n) is 7.29. The zero-order valence-corrected chi connectivity index (χ0v) is 13.9. The van der Waals surface area contributed by atoms with Gasteiger partial charge in [0.1, 0.15) is 5.82 Å². The van der Waals surface area contributed by atoms with E-state index in [0.717, 1.165) is 18.1 Å². The highest BCUT2D eigenvalue weighted by molar-refractivity contribution is 7.91. The van der Waals surface area contributed by atoms with E-state index in [1.165, 1.54) is 0 Å².